The third-order valence-corrected chi connectivity index (χ3v) is 6.11. The van der Waals surface area contributed by atoms with E-state index in [9.17, 15) is 9.18 Å². The summed E-state index contributed by atoms with van der Waals surface area (Å²) in [6, 6.07) is 9.60. The fourth-order valence-corrected chi connectivity index (χ4v) is 4.02. The SMILES string of the molecule is CSCCN(C(=O)c1cc(F)cc(C2CC2)c1)C(C)c1ncnn1-c1ccc(C#N)cn1. The molecule has 2 heterocycles. The number of nitriles is 1. The van der Waals surface area contributed by atoms with Crippen LogP contribution in [0.15, 0.2) is 42.9 Å². The minimum atomic E-state index is -0.428. The number of benzene rings is 1. The number of carbonyl (C=O) groups excluding carboxylic acids is 1. The molecule has 1 saturated carbocycles. The molecule has 1 aliphatic carbocycles. The molecule has 2 aromatic heterocycles. The smallest absolute Gasteiger partial charge is 0.254 e. The average Bonchev–Trinajstić information content (AvgIpc) is 3.55. The van der Waals surface area contributed by atoms with Gasteiger partial charge in [0.2, 0.25) is 0 Å². The van der Waals surface area contributed by atoms with Crippen molar-refractivity contribution in [1.29, 1.82) is 5.26 Å². The van der Waals surface area contributed by atoms with Crippen molar-refractivity contribution in [1.82, 2.24) is 24.6 Å². The minimum absolute atomic E-state index is 0.240. The maximum atomic E-state index is 14.3. The molecule has 0 radical (unpaired) electrons. The molecule has 4 rings (SSSR count). The number of rotatable bonds is 8. The molecule has 9 heteroatoms. The number of pyridine rings is 1. The van der Waals surface area contributed by atoms with Crippen LogP contribution < -0.4 is 0 Å². The molecule has 32 heavy (non-hydrogen) atoms. The second-order valence-corrected chi connectivity index (χ2v) is 8.75. The molecule has 0 spiro atoms. The number of thioether (sulfide) groups is 1. The van der Waals surface area contributed by atoms with Crippen LogP contribution in [0.3, 0.4) is 0 Å². The molecular weight excluding hydrogens is 427 g/mol. The lowest BCUT2D eigenvalue weighted by atomic mass is 10.0. The summed E-state index contributed by atoms with van der Waals surface area (Å²) < 4.78 is 15.8. The first-order chi connectivity index (χ1) is 15.5. The zero-order valence-electron chi connectivity index (χ0n) is 17.9. The summed E-state index contributed by atoms with van der Waals surface area (Å²) in [5, 5.41) is 13.3. The summed E-state index contributed by atoms with van der Waals surface area (Å²) >= 11 is 1.63. The zero-order chi connectivity index (χ0) is 22.7. The van der Waals surface area contributed by atoms with Crippen LogP contribution in [0.4, 0.5) is 4.39 Å². The van der Waals surface area contributed by atoms with Crippen molar-refractivity contribution < 1.29 is 9.18 Å². The van der Waals surface area contributed by atoms with Gasteiger partial charge in [-0.15, -0.1) is 0 Å². The Morgan fingerprint density at radius 2 is 2.16 bits per heavy atom. The Bertz CT molecular complexity index is 1150. The van der Waals surface area contributed by atoms with Gasteiger partial charge in [-0.25, -0.2) is 14.4 Å². The highest BCUT2D eigenvalue weighted by atomic mass is 32.2. The highest BCUT2D eigenvalue weighted by Crippen LogP contribution is 2.40. The van der Waals surface area contributed by atoms with Crippen molar-refractivity contribution >= 4 is 17.7 Å². The van der Waals surface area contributed by atoms with Crippen LogP contribution in [0.1, 0.15) is 59.0 Å². The third-order valence-electron chi connectivity index (χ3n) is 5.52. The molecule has 1 aromatic carbocycles. The monoisotopic (exact) mass is 450 g/mol. The Morgan fingerprint density at radius 1 is 1.34 bits per heavy atom. The summed E-state index contributed by atoms with van der Waals surface area (Å²) in [6.45, 7) is 2.35. The van der Waals surface area contributed by atoms with Crippen LogP contribution in [0.5, 0.6) is 0 Å². The van der Waals surface area contributed by atoms with E-state index in [0.29, 0.717) is 35.2 Å². The molecule has 0 bridgehead atoms. The number of hydrogen-bond acceptors (Lipinski definition) is 6. The number of nitrogens with zero attached hydrogens (tertiary/aromatic N) is 6. The van der Waals surface area contributed by atoms with Crippen LogP contribution in [-0.4, -0.2) is 49.1 Å². The first kappa shape index (κ1) is 22.0. The molecule has 1 amide bonds. The van der Waals surface area contributed by atoms with E-state index in [1.54, 1.807) is 33.5 Å². The molecule has 1 aliphatic rings. The van der Waals surface area contributed by atoms with E-state index in [-0.39, 0.29) is 11.7 Å². The Hall–Kier alpha value is -3.25. The second-order valence-electron chi connectivity index (χ2n) is 7.76. The van der Waals surface area contributed by atoms with Gasteiger partial charge in [0, 0.05) is 24.1 Å². The number of carbonyl (C=O) groups is 1. The lowest BCUT2D eigenvalue weighted by Crippen LogP contribution is -2.37. The quantitative estimate of drug-likeness (QED) is 0.513. The molecule has 0 aliphatic heterocycles. The van der Waals surface area contributed by atoms with E-state index >= 15 is 0 Å². The van der Waals surface area contributed by atoms with E-state index in [2.05, 4.69) is 15.1 Å². The third kappa shape index (κ3) is 4.65. The van der Waals surface area contributed by atoms with Gasteiger partial charge >= 0.3 is 0 Å². The van der Waals surface area contributed by atoms with Crippen LogP contribution in [0, 0.1) is 17.1 Å². The van der Waals surface area contributed by atoms with Crippen molar-refractivity contribution in [2.24, 2.45) is 0 Å². The summed E-state index contributed by atoms with van der Waals surface area (Å²) in [7, 11) is 0. The largest absolute Gasteiger partial charge is 0.328 e. The number of amides is 1. The van der Waals surface area contributed by atoms with E-state index in [1.807, 2.05) is 25.3 Å². The van der Waals surface area contributed by atoms with Crippen molar-refractivity contribution in [2.75, 3.05) is 18.6 Å². The molecule has 3 aromatic rings. The maximum Gasteiger partial charge on any atom is 0.254 e. The van der Waals surface area contributed by atoms with Gasteiger partial charge in [-0.05, 0) is 67.8 Å². The summed E-state index contributed by atoms with van der Waals surface area (Å²) in [5.74, 6) is 1.48. The molecule has 164 valence electrons. The highest BCUT2D eigenvalue weighted by molar-refractivity contribution is 7.98. The predicted octanol–water partition coefficient (Wildman–Crippen LogP) is 4.12. The van der Waals surface area contributed by atoms with Crippen LogP contribution in [0.2, 0.25) is 0 Å². The summed E-state index contributed by atoms with van der Waals surface area (Å²) in [5.41, 5.74) is 1.68. The lowest BCUT2D eigenvalue weighted by Gasteiger charge is -2.29. The molecule has 0 N–H and O–H groups in total. The maximum absolute atomic E-state index is 14.3. The molecule has 7 nitrogen and oxygen atoms in total. The van der Waals surface area contributed by atoms with E-state index < -0.39 is 6.04 Å². The van der Waals surface area contributed by atoms with Gasteiger partial charge in [0.15, 0.2) is 11.6 Å². The predicted molar refractivity (Wildman–Crippen MR) is 120 cm³/mol. The van der Waals surface area contributed by atoms with Gasteiger partial charge in [-0.1, -0.05) is 0 Å². The Kier molecular flexibility index (Phi) is 6.51. The fourth-order valence-electron chi connectivity index (χ4n) is 3.64. The van der Waals surface area contributed by atoms with Crippen molar-refractivity contribution in [3.05, 3.63) is 71.2 Å². The number of aromatic nitrogens is 4. The minimum Gasteiger partial charge on any atom is -0.328 e. The van der Waals surface area contributed by atoms with Crippen LogP contribution >= 0.6 is 11.8 Å². The normalized spacial score (nSPS) is 14.1. The second kappa shape index (κ2) is 9.49. The topological polar surface area (TPSA) is 87.7 Å². The van der Waals surface area contributed by atoms with Crippen molar-refractivity contribution in [3.63, 3.8) is 0 Å². The molecular formula is C23H23FN6OS. The molecule has 0 saturated heterocycles. The summed E-state index contributed by atoms with van der Waals surface area (Å²) in [6.07, 6.45) is 6.92. The van der Waals surface area contributed by atoms with Gasteiger partial charge in [0.05, 0.1) is 11.6 Å². The average molecular weight is 451 g/mol. The van der Waals surface area contributed by atoms with Gasteiger partial charge in [-0.3, -0.25) is 4.79 Å². The lowest BCUT2D eigenvalue weighted by molar-refractivity contribution is 0.0695. The number of halogens is 1. The Labute approximate surface area is 190 Å². The van der Waals surface area contributed by atoms with Gasteiger partial charge in [-0.2, -0.15) is 26.8 Å². The Morgan fingerprint density at radius 3 is 2.81 bits per heavy atom. The van der Waals surface area contributed by atoms with Gasteiger partial charge in [0.1, 0.15) is 18.2 Å². The standard InChI is InChI=1S/C23H23FN6OS/c1-15(22-27-14-28-30(22)21-6-3-16(12-25)13-26-21)29(7-8-32-2)23(31)19-9-18(17-4-5-17)10-20(24)11-19/h3,6,9-11,13-15,17H,4-5,7-8H2,1-2H3. The molecule has 1 atom stereocenters. The Balaban J connectivity index is 1.66. The van der Waals surface area contributed by atoms with Gasteiger partial charge < -0.3 is 4.90 Å². The molecule has 1 unspecified atom stereocenters. The fraction of sp³-hybridized carbons (Fsp3) is 0.348. The van der Waals surface area contributed by atoms with E-state index in [0.717, 1.165) is 24.2 Å². The first-order valence-corrected chi connectivity index (χ1v) is 11.8. The van der Waals surface area contributed by atoms with Crippen LogP contribution in [0.25, 0.3) is 5.82 Å². The highest BCUT2D eigenvalue weighted by Gasteiger charge is 2.29. The van der Waals surface area contributed by atoms with E-state index in [4.69, 9.17) is 5.26 Å². The number of hydrogen-bond donors (Lipinski definition) is 0. The van der Waals surface area contributed by atoms with Crippen LogP contribution in [-0.2, 0) is 0 Å². The van der Waals surface area contributed by atoms with Crippen molar-refractivity contribution in [2.45, 2.75) is 31.7 Å². The summed E-state index contributed by atoms with van der Waals surface area (Å²) in [4.78, 5) is 23.9. The van der Waals surface area contributed by atoms with E-state index in [1.165, 1.54) is 24.7 Å². The van der Waals surface area contributed by atoms with Gasteiger partial charge in [0.25, 0.3) is 5.91 Å². The van der Waals surface area contributed by atoms with Crippen molar-refractivity contribution in [3.8, 4) is 11.9 Å². The zero-order valence-corrected chi connectivity index (χ0v) is 18.7. The first-order valence-electron chi connectivity index (χ1n) is 10.4. The molecule has 1 fully saturated rings.